The molecule has 0 aromatic heterocycles. The minimum atomic E-state index is 0. The van der Waals surface area contributed by atoms with Crippen molar-refractivity contribution in [1.82, 2.24) is 10.2 Å². The van der Waals surface area contributed by atoms with Crippen molar-refractivity contribution in [2.75, 3.05) is 26.2 Å². The largest absolute Gasteiger partial charge is 0.316 e. The molecule has 1 aromatic rings. The number of halogens is 2. The molecular weight excluding hydrogens is 267 g/mol. The summed E-state index contributed by atoms with van der Waals surface area (Å²) in [7, 11) is 0. The number of likely N-dealkylation sites (tertiary alicyclic amines) is 1. The van der Waals surface area contributed by atoms with Crippen LogP contribution in [-0.2, 0) is 6.54 Å². The monoisotopic (exact) mass is 286 g/mol. The van der Waals surface area contributed by atoms with E-state index in [4.69, 9.17) is 11.6 Å². The van der Waals surface area contributed by atoms with E-state index < -0.39 is 0 Å². The van der Waals surface area contributed by atoms with Crippen molar-refractivity contribution in [3.05, 3.63) is 34.9 Å². The third-order valence-corrected chi connectivity index (χ3v) is 4.51. The molecule has 0 aliphatic carbocycles. The van der Waals surface area contributed by atoms with E-state index in [1.54, 1.807) is 0 Å². The summed E-state index contributed by atoms with van der Waals surface area (Å²) in [6, 6.07) is 8.20. The van der Waals surface area contributed by atoms with Gasteiger partial charge in [-0.2, -0.15) is 0 Å². The third-order valence-electron chi connectivity index (χ3n) is 4.14. The van der Waals surface area contributed by atoms with Crippen molar-refractivity contribution >= 4 is 24.0 Å². The number of hydrogen-bond donors (Lipinski definition) is 1. The van der Waals surface area contributed by atoms with E-state index in [9.17, 15) is 0 Å². The Morgan fingerprint density at radius 2 is 2.00 bits per heavy atom. The molecule has 2 saturated heterocycles. The van der Waals surface area contributed by atoms with E-state index in [1.165, 1.54) is 38.2 Å². The molecule has 100 valence electrons. The van der Waals surface area contributed by atoms with Crippen molar-refractivity contribution in [1.29, 1.82) is 0 Å². The zero-order valence-corrected chi connectivity index (χ0v) is 12.0. The Labute approximate surface area is 120 Å². The Hall–Kier alpha value is -0.280. The Morgan fingerprint density at radius 3 is 2.83 bits per heavy atom. The summed E-state index contributed by atoms with van der Waals surface area (Å²) in [5.74, 6) is 1.77. The van der Waals surface area contributed by atoms with Crippen LogP contribution in [0.2, 0.25) is 5.02 Å². The van der Waals surface area contributed by atoms with Gasteiger partial charge in [-0.1, -0.05) is 29.8 Å². The first-order valence-corrected chi connectivity index (χ1v) is 6.87. The van der Waals surface area contributed by atoms with E-state index in [0.717, 1.165) is 23.4 Å². The molecule has 0 amide bonds. The first kappa shape index (κ1) is 14.1. The van der Waals surface area contributed by atoms with Gasteiger partial charge in [0.05, 0.1) is 0 Å². The Bertz CT molecular complexity index is 397. The van der Waals surface area contributed by atoms with Crippen LogP contribution in [0.1, 0.15) is 12.0 Å². The van der Waals surface area contributed by atoms with E-state index in [2.05, 4.69) is 22.3 Å². The Balaban J connectivity index is 0.00000120. The molecular formula is C14H20Cl2N2. The zero-order chi connectivity index (χ0) is 11.7. The summed E-state index contributed by atoms with van der Waals surface area (Å²) in [5.41, 5.74) is 1.26. The SMILES string of the molecule is Cl.Clc1ccccc1CN1CCC2CNCC2C1. The summed E-state index contributed by atoms with van der Waals surface area (Å²) < 4.78 is 0. The average Bonchev–Trinajstić information content (AvgIpc) is 2.79. The van der Waals surface area contributed by atoms with Crippen LogP contribution >= 0.6 is 24.0 Å². The minimum absolute atomic E-state index is 0. The lowest BCUT2D eigenvalue weighted by Gasteiger charge is -2.34. The molecule has 0 bridgehead atoms. The van der Waals surface area contributed by atoms with E-state index >= 15 is 0 Å². The number of piperidine rings is 1. The fourth-order valence-electron chi connectivity index (χ4n) is 3.12. The lowest BCUT2D eigenvalue weighted by Crippen LogP contribution is -2.39. The first-order valence-electron chi connectivity index (χ1n) is 6.49. The number of hydrogen-bond acceptors (Lipinski definition) is 2. The van der Waals surface area contributed by atoms with Gasteiger partial charge in [-0.15, -0.1) is 12.4 Å². The highest BCUT2D eigenvalue weighted by atomic mass is 35.5. The maximum Gasteiger partial charge on any atom is 0.0451 e. The molecule has 1 N–H and O–H groups in total. The second-order valence-corrected chi connectivity index (χ2v) is 5.70. The predicted octanol–water partition coefficient (Wildman–Crippen LogP) is 2.80. The van der Waals surface area contributed by atoms with Crippen LogP contribution in [0.25, 0.3) is 0 Å². The molecule has 2 atom stereocenters. The molecule has 0 spiro atoms. The fourth-order valence-corrected chi connectivity index (χ4v) is 3.32. The molecule has 2 fully saturated rings. The molecule has 0 saturated carbocycles. The van der Waals surface area contributed by atoms with Gasteiger partial charge in [0.25, 0.3) is 0 Å². The number of fused-ring (bicyclic) bond motifs is 1. The maximum absolute atomic E-state index is 6.22. The Kier molecular flexibility index (Phi) is 4.91. The molecule has 2 aliphatic rings. The highest BCUT2D eigenvalue weighted by molar-refractivity contribution is 6.31. The number of nitrogens with zero attached hydrogens (tertiary/aromatic N) is 1. The van der Waals surface area contributed by atoms with Crippen molar-refractivity contribution < 1.29 is 0 Å². The van der Waals surface area contributed by atoms with Crippen molar-refractivity contribution in [2.24, 2.45) is 11.8 Å². The number of nitrogens with one attached hydrogen (secondary N) is 1. The molecule has 2 unspecified atom stereocenters. The second-order valence-electron chi connectivity index (χ2n) is 5.29. The van der Waals surface area contributed by atoms with Gasteiger partial charge in [-0.3, -0.25) is 4.90 Å². The Morgan fingerprint density at radius 1 is 1.22 bits per heavy atom. The van der Waals surface area contributed by atoms with Gasteiger partial charge >= 0.3 is 0 Å². The van der Waals surface area contributed by atoms with Gasteiger partial charge in [0.15, 0.2) is 0 Å². The lowest BCUT2D eigenvalue weighted by atomic mass is 9.88. The van der Waals surface area contributed by atoms with Gasteiger partial charge in [0.2, 0.25) is 0 Å². The predicted molar refractivity (Wildman–Crippen MR) is 78.4 cm³/mol. The van der Waals surface area contributed by atoms with Crippen molar-refractivity contribution in [2.45, 2.75) is 13.0 Å². The van der Waals surface area contributed by atoms with Gasteiger partial charge < -0.3 is 5.32 Å². The van der Waals surface area contributed by atoms with Crippen LogP contribution in [0.15, 0.2) is 24.3 Å². The molecule has 18 heavy (non-hydrogen) atoms. The smallest absolute Gasteiger partial charge is 0.0451 e. The molecule has 4 heteroatoms. The van der Waals surface area contributed by atoms with Crippen LogP contribution in [0.4, 0.5) is 0 Å². The summed E-state index contributed by atoms with van der Waals surface area (Å²) >= 11 is 6.22. The highest BCUT2D eigenvalue weighted by Gasteiger charge is 2.32. The topological polar surface area (TPSA) is 15.3 Å². The van der Waals surface area contributed by atoms with Crippen LogP contribution < -0.4 is 5.32 Å². The maximum atomic E-state index is 6.22. The number of rotatable bonds is 2. The van der Waals surface area contributed by atoms with Gasteiger partial charge in [0, 0.05) is 18.1 Å². The normalized spacial score (nSPS) is 27.6. The molecule has 2 aliphatic heterocycles. The summed E-state index contributed by atoms with van der Waals surface area (Å²) in [6.07, 6.45) is 1.34. The quantitative estimate of drug-likeness (QED) is 0.900. The first-order chi connectivity index (χ1) is 8.33. The molecule has 2 nitrogen and oxygen atoms in total. The van der Waals surface area contributed by atoms with Crippen LogP contribution in [0.5, 0.6) is 0 Å². The van der Waals surface area contributed by atoms with Crippen molar-refractivity contribution in [3.8, 4) is 0 Å². The third kappa shape index (κ3) is 3.00. The van der Waals surface area contributed by atoms with Gasteiger partial charge in [-0.25, -0.2) is 0 Å². The molecule has 0 radical (unpaired) electrons. The van der Waals surface area contributed by atoms with Crippen molar-refractivity contribution in [3.63, 3.8) is 0 Å². The molecule has 3 rings (SSSR count). The lowest BCUT2D eigenvalue weighted by molar-refractivity contribution is 0.142. The summed E-state index contributed by atoms with van der Waals surface area (Å²) in [6.45, 7) is 5.87. The van der Waals surface area contributed by atoms with Crippen LogP contribution in [-0.4, -0.2) is 31.1 Å². The zero-order valence-electron chi connectivity index (χ0n) is 10.4. The van der Waals surface area contributed by atoms with Crippen LogP contribution in [0, 0.1) is 11.8 Å². The molecule has 2 heterocycles. The molecule has 1 aromatic carbocycles. The summed E-state index contributed by atoms with van der Waals surface area (Å²) in [4.78, 5) is 2.55. The van der Waals surface area contributed by atoms with Gasteiger partial charge in [-0.05, 0) is 49.5 Å². The summed E-state index contributed by atoms with van der Waals surface area (Å²) in [5, 5.41) is 4.41. The number of benzene rings is 1. The second kappa shape index (κ2) is 6.25. The minimum Gasteiger partial charge on any atom is -0.316 e. The van der Waals surface area contributed by atoms with E-state index in [-0.39, 0.29) is 12.4 Å². The fraction of sp³-hybridized carbons (Fsp3) is 0.571. The highest BCUT2D eigenvalue weighted by Crippen LogP contribution is 2.28. The van der Waals surface area contributed by atoms with E-state index in [0.29, 0.717) is 0 Å². The standard InChI is InChI=1S/C14H19ClN2.ClH/c15-14-4-2-1-3-12(14)9-17-6-5-11-7-16-8-13(11)10-17;/h1-4,11,13,16H,5-10H2;1H. The van der Waals surface area contributed by atoms with E-state index in [1.807, 2.05) is 12.1 Å². The van der Waals surface area contributed by atoms with Gasteiger partial charge in [0.1, 0.15) is 0 Å². The van der Waals surface area contributed by atoms with Crippen LogP contribution in [0.3, 0.4) is 0 Å². The average molecular weight is 287 g/mol.